The molecule has 0 aliphatic heterocycles. The van der Waals surface area contributed by atoms with E-state index in [1.54, 1.807) is 19.2 Å². The van der Waals surface area contributed by atoms with Gasteiger partial charge in [-0.15, -0.1) is 0 Å². The van der Waals surface area contributed by atoms with Crippen molar-refractivity contribution < 1.29 is 8.42 Å². The molecule has 0 spiro atoms. The first-order valence-electron chi connectivity index (χ1n) is 8.91. The molecule has 0 bridgehead atoms. The molecule has 0 amide bonds. The third-order valence-electron chi connectivity index (χ3n) is 4.35. The smallest absolute Gasteiger partial charge is 0.242 e. The lowest BCUT2D eigenvalue weighted by Gasteiger charge is -2.17. The van der Waals surface area contributed by atoms with Gasteiger partial charge in [-0.1, -0.05) is 49.4 Å². The van der Waals surface area contributed by atoms with Crippen LogP contribution in [0.2, 0.25) is 0 Å². The van der Waals surface area contributed by atoms with E-state index in [2.05, 4.69) is 34.7 Å². The summed E-state index contributed by atoms with van der Waals surface area (Å²) in [6, 6.07) is 15.3. The quantitative estimate of drug-likeness (QED) is 0.564. The molecular weight excluding hydrogens is 360 g/mol. The first-order chi connectivity index (χ1) is 12.9. The number of rotatable bonds is 7. The summed E-state index contributed by atoms with van der Waals surface area (Å²) in [6.45, 7) is 3.15. The van der Waals surface area contributed by atoms with Gasteiger partial charge in [0.1, 0.15) is 0 Å². The number of hydrogen-bond donors (Lipinski definition) is 2. The van der Waals surface area contributed by atoms with Crippen LogP contribution in [0.25, 0.3) is 0 Å². The normalized spacial score (nSPS) is 12.3. The molecule has 2 aromatic rings. The van der Waals surface area contributed by atoms with Crippen molar-refractivity contribution in [3.05, 3.63) is 65.2 Å². The minimum atomic E-state index is -3.49. The van der Waals surface area contributed by atoms with E-state index in [-0.39, 0.29) is 0 Å². The topological polar surface area (TPSA) is 73.8 Å². The van der Waals surface area contributed by atoms with Crippen molar-refractivity contribution in [2.45, 2.75) is 31.3 Å². The third-order valence-corrected chi connectivity index (χ3v) is 6.26. The first kappa shape index (κ1) is 20.9. The number of benzene rings is 2. The Kier molecular flexibility index (Phi) is 7.38. The average Bonchev–Trinajstić information content (AvgIpc) is 2.68. The van der Waals surface area contributed by atoms with Gasteiger partial charge in [-0.05, 0) is 29.2 Å². The highest BCUT2D eigenvalue weighted by Gasteiger charge is 2.20. The molecule has 0 aromatic heterocycles. The van der Waals surface area contributed by atoms with Crippen LogP contribution in [0.1, 0.15) is 23.6 Å². The summed E-state index contributed by atoms with van der Waals surface area (Å²) in [5, 5.41) is 6.49. The molecule has 0 saturated carbocycles. The Labute approximate surface area is 162 Å². The van der Waals surface area contributed by atoms with Gasteiger partial charge in [-0.3, -0.25) is 4.99 Å². The second-order valence-electron chi connectivity index (χ2n) is 6.30. The SMILES string of the molecule is CCc1ccccc1CNC(=NC)NCc1ccccc1S(=O)(=O)N(C)C. The molecule has 0 aliphatic carbocycles. The highest BCUT2D eigenvalue weighted by atomic mass is 32.2. The maximum atomic E-state index is 12.5. The lowest BCUT2D eigenvalue weighted by atomic mass is 10.1. The molecule has 2 N–H and O–H groups in total. The van der Waals surface area contributed by atoms with Crippen molar-refractivity contribution in [2.75, 3.05) is 21.1 Å². The minimum absolute atomic E-state index is 0.300. The van der Waals surface area contributed by atoms with Gasteiger partial charge in [0.05, 0.1) is 4.90 Å². The Morgan fingerprint density at radius 1 is 0.926 bits per heavy atom. The fourth-order valence-electron chi connectivity index (χ4n) is 2.75. The second kappa shape index (κ2) is 9.53. The Morgan fingerprint density at radius 3 is 2.00 bits per heavy atom. The van der Waals surface area contributed by atoms with Crippen molar-refractivity contribution in [1.29, 1.82) is 0 Å². The van der Waals surface area contributed by atoms with Gasteiger partial charge in [-0.25, -0.2) is 12.7 Å². The maximum absolute atomic E-state index is 12.5. The molecule has 0 heterocycles. The fourth-order valence-corrected chi connectivity index (χ4v) is 3.87. The van der Waals surface area contributed by atoms with Crippen molar-refractivity contribution in [3.63, 3.8) is 0 Å². The zero-order valence-electron chi connectivity index (χ0n) is 16.4. The van der Waals surface area contributed by atoms with Crippen molar-refractivity contribution >= 4 is 16.0 Å². The molecule has 0 aliphatic rings. The summed E-state index contributed by atoms with van der Waals surface area (Å²) in [5.74, 6) is 0.623. The second-order valence-corrected chi connectivity index (χ2v) is 8.42. The van der Waals surface area contributed by atoms with Crippen LogP contribution in [0.4, 0.5) is 0 Å². The van der Waals surface area contributed by atoms with Gasteiger partial charge >= 0.3 is 0 Å². The maximum Gasteiger partial charge on any atom is 0.242 e. The molecule has 7 heteroatoms. The Bertz CT molecular complexity index is 892. The van der Waals surface area contributed by atoms with Crippen LogP contribution in [0.3, 0.4) is 0 Å². The fraction of sp³-hybridized carbons (Fsp3) is 0.350. The molecule has 0 saturated heterocycles. The van der Waals surface area contributed by atoms with Crippen LogP contribution >= 0.6 is 0 Å². The Morgan fingerprint density at radius 2 is 1.44 bits per heavy atom. The van der Waals surface area contributed by atoms with Crippen molar-refractivity contribution in [2.24, 2.45) is 4.99 Å². The van der Waals surface area contributed by atoms with Gasteiger partial charge in [-0.2, -0.15) is 0 Å². The molecule has 0 unspecified atom stereocenters. The van der Waals surface area contributed by atoms with Crippen LogP contribution in [0.5, 0.6) is 0 Å². The molecule has 27 heavy (non-hydrogen) atoms. The van der Waals surface area contributed by atoms with E-state index < -0.39 is 10.0 Å². The number of hydrogen-bond acceptors (Lipinski definition) is 3. The van der Waals surface area contributed by atoms with E-state index in [1.165, 1.54) is 29.5 Å². The predicted molar refractivity (Wildman–Crippen MR) is 110 cm³/mol. The van der Waals surface area contributed by atoms with Crippen LogP contribution < -0.4 is 10.6 Å². The number of nitrogens with zero attached hydrogens (tertiary/aromatic N) is 2. The monoisotopic (exact) mass is 388 g/mol. The van der Waals surface area contributed by atoms with E-state index >= 15 is 0 Å². The van der Waals surface area contributed by atoms with Gasteiger partial charge in [0.2, 0.25) is 10.0 Å². The van der Waals surface area contributed by atoms with E-state index in [1.807, 2.05) is 24.3 Å². The molecule has 0 fully saturated rings. The Hall–Kier alpha value is -2.38. The van der Waals surface area contributed by atoms with E-state index in [0.29, 0.717) is 29.5 Å². The molecule has 146 valence electrons. The molecule has 2 aromatic carbocycles. The zero-order valence-corrected chi connectivity index (χ0v) is 17.2. The summed E-state index contributed by atoms with van der Waals surface area (Å²) in [4.78, 5) is 4.54. The van der Waals surface area contributed by atoms with Crippen LogP contribution in [0.15, 0.2) is 58.4 Å². The van der Waals surface area contributed by atoms with E-state index in [0.717, 1.165) is 6.42 Å². The average molecular weight is 389 g/mol. The lowest BCUT2D eigenvalue weighted by Crippen LogP contribution is -2.37. The predicted octanol–water partition coefficient (Wildman–Crippen LogP) is 2.36. The summed E-state index contributed by atoms with van der Waals surface area (Å²) in [7, 11) is 1.27. The standard InChI is InChI=1S/C20H28N4O2S/c1-5-16-10-6-7-11-17(16)14-22-20(21-2)23-15-18-12-8-9-13-19(18)27(25,26)24(3)4/h6-13H,5,14-15H2,1-4H3,(H2,21,22,23). The number of aliphatic imine (C=N–C) groups is 1. The molecule has 0 atom stereocenters. The van der Waals surface area contributed by atoms with Gasteiger partial charge in [0.15, 0.2) is 5.96 Å². The van der Waals surface area contributed by atoms with Crippen LogP contribution in [-0.4, -0.2) is 39.8 Å². The molecule has 2 rings (SSSR count). The highest BCUT2D eigenvalue weighted by molar-refractivity contribution is 7.89. The number of sulfonamides is 1. The van der Waals surface area contributed by atoms with Gasteiger partial charge in [0, 0.05) is 34.2 Å². The molecular formula is C20H28N4O2S. The van der Waals surface area contributed by atoms with Crippen molar-refractivity contribution in [1.82, 2.24) is 14.9 Å². The van der Waals surface area contributed by atoms with E-state index in [4.69, 9.17) is 0 Å². The number of aryl methyl sites for hydroxylation is 1. The minimum Gasteiger partial charge on any atom is -0.352 e. The van der Waals surface area contributed by atoms with Gasteiger partial charge in [0.25, 0.3) is 0 Å². The molecule has 6 nitrogen and oxygen atoms in total. The Balaban J connectivity index is 2.07. The largest absolute Gasteiger partial charge is 0.352 e. The number of guanidine groups is 1. The summed E-state index contributed by atoms with van der Waals surface area (Å²) >= 11 is 0. The number of nitrogens with one attached hydrogen (secondary N) is 2. The summed E-state index contributed by atoms with van der Waals surface area (Å²) < 4.78 is 26.2. The lowest BCUT2D eigenvalue weighted by molar-refractivity contribution is 0.519. The van der Waals surface area contributed by atoms with Crippen molar-refractivity contribution in [3.8, 4) is 0 Å². The molecule has 0 radical (unpaired) electrons. The zero-order chi connectivity index (χ0) is 19.9. The van der Waals surface area contributed by atoms with E-state index in [9.17, 15) is 8.42 Å². The third kappa shape index (κ3) is 5.30. The van der Waals surface area contributed by atoms with Crippen LogP contribution in [0, 0.1) is 0 Å². The highest BCUT2D eigenvalue weighted by Crippen LogP contribution is 2.18. The van der Waals surface area contributed by atoms with Crippen LogP contribution in [-0.2, 0) is 29.5 Å². The van der Waals surface area contributed by atoms with Gasteiger partial charge < -0.3 is 10.6 Å². The summed E-state index contributed by atoms with van der Waals surface area (Å²) in [5.41, 5.74) is 3.21. The first-order valence-corrected chi connectivity index (χ1v) is 10.4. The summed E-state index contributed by atoms with van der Waals surface area (Å²) in [6.07, 6.45) is 0.972.